The first-order valence-corrected chi connectivity index (χ1v) is 13.7. The van der Waals surface area contributed by atoms with E-state index in [1.54, 1.807) is 12.1 Å². The van der Waals surface area contributed by atoms with Gasteiger partial charge < -0.3 is 10.6 Å². The number of benzene rings is 4. The number of hydrogen-bond acceptors (Lipinski definition) is 4. The second-order valence-corrected chi connectivity index (χ2v) is 11.1. The molecule has 0 amide bonds. The zero-order chi connectivity index (χ0) is 27.4. The average molecular weight is 549 g/mol. The van der Waals surface area contributed by atoms with Crippen LogP contribution in [0.15, 0.2) is 94.7 Å². The van der Waals surface area contributed by atoms with E-state index in [2.05, 4.69) is 87.9 Å². The summed E-state index contributed by atoms with van der Waals surface area (Å²) in [6.45, 7) is 8.70. The zero-order valence-corrected chi connectivity index (χ0v) is 23.8. The van der Waals surface area contributed by atoms with Gasteiger partial charge in [0, 0.05) is 21.2 Å². The third kappa shape index (κ3) is 6.36. The van der Waals surface area contributed by atoms with Crippen molar-refractivity contribution in [1.82, 2.24) is 0 Å². The van der Waals surface area contributed by atoms with E-state index in [0.717, 1.165) is 22.5 Å². The van der Waals surface area contributed by atoms with Crippen LogP contribution in [0.4, 0.5) is 20.2 Å². The Labute approximate surface area is 235 Å². The van der Waals surface area contributed by atoms with Crippen LogP contribution in [-0.4, -0.2) is 0 Å². The summed E-state index contributed by atoms with van der Waals surface area (Å²) in [5, 5.41) is 7.39. The van der Waals surface area contributed by atoms with Crippen LogP contribution in [0.1, 0.15) is 73.9 Å². The number of nitrogens with one attached hydrogen (secondary N) is 2. The highest BCUT2D eigenvalue weighted by Gasteiger charge is 2.30. The number of anilines is 2. The number of halogens is 2. The summed E-state index contributed by atoms with van der Waals surface area (Å²) in [5.41, 5.74) is 6.06. The van der Waals surface area contributed by atoms with Crippen molar-refractivity contribution in [2.24, 2.45) is 0 Å². The molecule has 6 heteroatoms. The van der Waals surface area contributed by atoms with Gasteiger partial charge in [0.25, 0.3) is 0 Å². The predicted molar refractivity (Wildman–Crippen MR) is 161 cm³/mol. The minimum absolute atomic E-state index is 0.270. The second-order valence-electron chi connectivity index (χ2n) is 10.1. The smallest absolute Gasteiger partial charge is 0.124 e. The van der Waals surface area contributed by atoms with Crippen molar-refractivity contribution in [3.8, 4) is 0 Å². The lowest BCUT2D eigenvalue weighted by Crippen LogP contribution is -2.28. The fourth-order valence-corrected chi connectivity index (χ4v) is 5.43. The minimum atomic E-state index is -0.342. The van der Waals surface area contributed by atoms with Crippen molar-refractivity contribution in [2.45, 2.75) is 61.4 Å². The average Bonchev–Trinajstić information content (AvgIpc) is 2.88. The van der Waals surface area contributed by atoms with Gasteiger partial charge >= 0.3 is 0 Å². The van der Waals surface area contributed by atoms with Crippen molar-refractivity contribution < 1.29 is 8.78 Å². The van der Waals surface area contributed by atoms with E-state index in [-0.39, 0.29) is 35.6 Å². The molecule has 0 fully saturated rings. The molecule has 4 rings (SSSR count). The quantitative estimate of drug-likeness (QED) is 0.157. The molecule has 38 heavy (non-hydrogen) atoms. The largest absolute Gasteiger partial charge is 0.375 e. The van der Waals surface area contributed by atoms with Gasteiger partial charge in [-0.05, 0) is 70.5 Å². The van der Waals surface area contributed by atoms with Crippen LogP contribution in [-0.2, 0) is 0 Å². The molecule has 0 aliphatic rings. The maximum atomic E-state index is 14.0. The lowest BCUT2D eigenvalue weighted by atomic mass is 9.83. The molecule has 2 atom stereocenters. The summed E-state index contributed by atoms with van der Waals surface area (Å²) in [4.78, 5) is 1.04. The van der Waals surface area contributed by atoms with Gasteiger partial charge in [0.1, 0.15) is 11.6 Å². The first kappa shape index (κ1) is 28.1. The Hall–Kier alpha value is -2.96. The van der Waals surface area contributed by atoms with Crippen LogP contribution in [0.5, 0.6) is 0 Å². The van der Waals surface area contributed by atoms with Crippen molar-refractivity contribution in [3.63, 3.8) is 0 Å². The number of thiol groups is 2. The third-order valence-corrected chi connectivity index (χ3v) is 7.52. The Balaban J connectivity index is 1.96. The van der Waals surface area contributed by atoms with E-state index in [4.69, 9.17) is 0 Å². The number of rotatable bonds is 9. The van der Waals surface area contributed by atoms with Crippen molar-refractivity contribution in [1.29, 1.82) is 0 Å². The Morgan fingerprint density at radius 1 is 0.526 bits per heavy atom. The highest BCUT2D eigenvalue weighted by atomic mass is 32.1. The molecule has 4 aromatic rings. The molecule has 2 unspecified atom stereocenters. The lowest BCUT2D eigenvalue weighted by Gasteiger charge is -2.35. The minimum Gasteiger partial charge on any atom is -0.375 e. The molecule has 0 aliphatic heterocycles. The summed E-state index contributed by atoms with van der Waals surface area (Å²) in [7, 11) is 0. The zero-order valence-electron chi connectivity index (χ0n) is 22.0. The van der Waals surface area contributed by atoms with Crippen LogP contribution in [0, 0.1) is 11.6 Å². The van der Waals surface area contributed by atoms with Gasteiger partial charge in [-0.2, -0.15) is 0 Å². The molecular formula is C32H34F2N2S2. The molecule has 0 saturated carbocycles. The first-order chi connectivity index (χ1) is 18.2. The van der Waals surface area contributed by atoms with E-state index in [0.29, 0.717) is 9.79 Å². The molecule has 198 valence electrons. The van der Waals surface area contributed by atoms with E-state index < -0.39 is 0 Å². The normalized spacial score (nSPS) is 13.0. The van der Waals surface area contributed by atoms with E-state index in [1.807, 2.05) is 24.3 Å². The third-order valence-electron chi connectivity index (χ3n) is 6.78. The maximum Gasteiger partial charge on any atom is 0.124 e. The van der Waals surface area contributed by atoms with E-state index in [9.17, 15) is 8.78 Å². The second kappa shape index (κ2) is 12.3. The van der Waals surface area contributed by atoms with Crippen molar-refractivity contribution in [2.75, 3.05) is 10.6 Å². The monoisotopic (exact) mass is 548 g/mol. The Bertz CT molecular complexity index is 1300. The molecular weight excluding hydrogens is 514 g/mol. The van der Waals surface area contributed by atoms with Crippen molar-refractivity contribution in [3.05, 3.63) is 119 Å². The molecule has 0 saturated heterocycles. The molecule has 0 radical (unpaired) electrons. The van der Waals surface area contributed by atoms with Gasteiger partial charge in [0.15, 0.2) is 0 Å². The maximum absolute atomic E-state index is 14.0. The summed E-state index contributed by atoms with van der Waals surface area (Å²) < 4.78 is 28.0. The van der Waals surface area contributed by atoms with Crippen LogP contribution in [0.25, 0.3) is 0 Å². The van der Waals surface area contributed by atoms with Crippen LogP contribution < -0.4 is 10.6 Å². The fourth-order valence-electron chi connectivity index (χ4n) is 4.91. The van der Waals surface area contributed by atoms with Gasteiger partial charge in [0.2, 0.25) is 0 Å². The molecule has 0 aliphatic carbocycles. The summed E-state index contributed by atoms with van der Waals surface area (Å²) in [6.07, 6.45) is 0. The molecule has 2 nitrogen and oxygen atoms in total. The molecule has 0 aromatic heterocycles. The summed E-state index contributed by atoms with van der Waals surface area (Å²) >= 11 is 9.16. The summed E-state index contributed by atoms with van der Waals surface area (Å²) in [6, 6.07) is 25.3. The molecule has 0 heterocycles. The topological polar surface area (TPSA) is 24.1 Å². The van der Waals surface area contributed by atoms with Gasteiger partial charge in [-0.25, -0.2) is 8.78 Å². The van der Waals surface area contributed by atoms with Gasteiger partial charge in [-0.3, -0.25) is 0 Å². The lowest BCUT2D eigenvalue weighted by molar-refractivity contribution is 0.613. The SMILES string of the molecule is CC(C)c1ccccc1C(Nc1ccc(F)cc1S)C(Nc1ccc(F)cc1S)c1ccccc1C(C)C. The molecule has 0 spiro atoms. The number of hydrogen-bond donors (Lipinski definition) is 4. The van der Waals surface area contributed by atoms with Gasteiger partial charge in [-0.1, -0.05) is 76.2 Å². The summed E-state index contributed by atoms with van der Waals surface area (Å²) in [5.74, 6) is -0.144. The molecule has 2 N–H and O–H groups in total. The highest BCUT2D eigenvalue weighted by molar-refractivity contribution is 7.80. The molecule has 0 bridgehead atoms. The van der Waals surface area contributed by atoms with E-state index >= 15 is 0 Å². The standard InChI is InChI=1S/C32H34F2N2S2/c1-19(2)23-9-5-7-11-25(23)31(35-27-15-13-21(33)17-29(27)37)32(26-12-8-6-10-24(26)20(3)4)36-28-16-14-22(34)18-30(28)38/h5-20,31-32,35-38H,1-4H3. The van der Waals surface area contributed by atoms with Gasteiger partial charge in [0.05, 0.1) is 12.1 Å². The fraction of sp³-hybridized carbons (Fsp3) is 0.250. The predicted octanol–water partition coefficient (Wildman–Crippen LogP) is 9.80. The molecule has 4 aromatic carbocycles. The Morgan fingerprint density at radius 3 is 1.18 bits per heavy atom. The first-order valence-electron chi connectivity index (χ1n) is 12.8. The van der Waals surface area contributed by atoms with E-state index in [1.165, 1.54) is 35.4 Å². The van der Waals surface area contributed by atoms with Crippen molar-refractivity contribution >= 4 is 36.6 Å². The van der Waals surface area contributed by atoms with Crippen LogP contribution in [0.2, 0.25) is 0 Å². The Morgan fingerprint density at radius 2 is 0.868 bits per heavy atom. The Kier molecular flexibility index (Phi) is 9.06. The van der Waals surface area contributed by atoms with Crippen LogP contribution in [0.3, 0.4) is 0 Å². The van der Waals surface area contributed by atoms with Gasteiger partial charge in [-0.15, -0.1) is 25.3 Å². The highest BCUT2D eigenvalue weighted by Crippen LogP contribution is 2.42. The van der Waals surface area contributed by atoms with Crippen LogP contribution >= 0.6 is 25.3 Å².